The minimum Gasteiger partial charge on any atom is -0.383 e. The van der Waals surface area contributed by atoms with E-state index in [0.717, 1.165) is 28.2 Å². The summed E-state index contributed by atoms with van der Waals surface area (Å²) in [5, 5.41) is 0. The van der Waals surface area contributed by atoms with Crippen molar-refractivity contribution < 1.29 is 17.9 Å². The van der Waals surface area contributed by atoms with Crippen molar-refractivity contribution in [2.24, 2.45) is 0 Å². The van der Waals surface area contributed by atoms with Crippen molar-refractivity contribution in [2.75, 3.05) is 38.0 Å². The Hall–Kier alpha value is -1.44. The summed E-state index contributed by atoms with van der Waals surface area (Å²) in [4.78, 5) is 14.3. The number of anilines is 1. The molecule has 0 radical (unpaired) electrons. The lowest BCUT2D eigenvalue weighted by molar-refractivity contribution is -0.119. The molecule has 1 unspecified atom stereocenters. The van der Waals surface area contributed by atoms with Crippen LogP contribution in [0.25, 0.3) is 0 Å². The van der Waals surface area contributed by atoms with Gasteiger partial charge in [0.25, 0.3) is 0 Å². The van der Waals surface area contributed by atoms with E-state index < -0.39 is 10.0 Å². The lowest BCUT2D eigenvalue weighted by Gasteiger charge is -2.26. The van der Waals surface area contributed by atoms with Gasteiger partial charge in [-0.05, 0) is 25.0 Å². The Morgan fingerprint density at radius 2 is 2.09 bits per heavy atom. The number of para-hydroxylation sites is 1. The molecule has 7 heteroatoms. The van der Waals surface area contributed by atoms with Gasteiger partial charge < -0.3 is 9.64 Å². The van der Waals surface area contributed by atoms with Gasteiger partial charge in [0.2, 0.25) is 15.9 Å². The first-order valence-electron chi connectivity index (χ1n) is 7.18. The van der Waals surface area contributed by atoms with Gasteiger partial charge in [0.15, 0.2) is 0 Å². The largest absolute Gasteiger partial charge is 0.383 e. The van der Waals surface area contributed by atoms with Crippen molar-refractivity contribution in [2.45, 2.75) is 19.4 Å². The third kappa shape index (κ3) is 3.66. The second kappa shape index (κ2) is 6.76. The topological polar surface area (TPSA) is 66.9 Å². The molecule has 2 rings (SSSR count). The second-order valence-electron chi connectivity index (χ2n) is 5.53. The molecule has 0 saturated heterocycles. The standard InChI is InChI=1S/C15H22N2O4S/c1-12-10-13-6-4-5-7-14(13)17(12)15(18)11-16(8-9-21-2)22(3,19)20/h4-7,12H,8-11H2,1-3H3. The zero-order chi connectivity index (χ0) is 16.3. The van der Waals surface area contributed by atoms with E-state index in [1.165, 1.54) is 7.11 Å². The molecule has 22 heavy (non-hydrogen) atoms. The van der Waals surface area contributed by atoms with Gasteiger partial charge >= 0.3 is 0 Å². The van der Waals surface area contributed by atoms with Crippen LogP contribution in [0.15, 0.2) is 24.3 Å². The Kier molecular flexibility index (Phi) is 5.20. The summed E-state index contributed by atoms with van der Waals surface area (Å²) in [5.41, 5.74) is 1.99. The number of ether oxygens (including phenoxy) is 1. The maximum Gasteiger partial charge on any atom is 0.242 e. The molecule has 0 bridgehead atoms. The smallest absolute Gasteiger partial charge is 0.242 e. The van der Waals surface area contributed by atoms with E-state index in [1.54, 1.807) is 4.90 Å². The van der Waals surface area contributed by atoms with Crippen LogP contribution in [0.5, 0.6) is 0 Å². The summed E-state index contributed by atoms with van der Waals surface area (Å²) in [7, 11) is -1.95. The Labute approximate surface area is 131 Å². The van der Waals surface area contributed by atoms with Crippen molar-refractivity contribution in [1.82, 2.24) is 4.31 Å². The molecule has 1 aromatic rings. The van der Waals surface area contributed by atoms with Crippen LogP contribution in [0, 0.1) is 0 Å². The molecule has 1 atom stereocenters. The summed E-state index contributed by atoms with van der Waals surface area (Å²) in [6, 6.07) is 7.76. The zero-order valence-corrected chi connectivity index (χ0v) is 14.0. The average molecular weight is 326 g/mol. The van der Waals surface area contributed by atoms with Gasteiger partial charge in [0.05, 0.1) is 19.4 Å². The second-order valence-corrected chi connectivity index (χ2v) is 7.52. The molecular formula is C15H22N2O4S. The Bertz CT molecular complexity index is 645. The van der Waals surface area contributed by atoms with Gasteiger partial charge in [-0.25, -0.2) is 8.42 Å². The maximum atomic E-state index is 12.6. The Balaban J connectivity index is 2.17. The van der Waals surface area contributed by atoms with Crippen LogP contribution >= 0.6 is 0 Å². The van der Waals surface area contributed by atoms with Crippen LogP contribution in [-0.4, -0.2) is 57.7 Å². The molecule has 0 N–H and O–H groups in total. The van der Waals surface area contributed by atoms with Gasteiger partial charge in [-0.15, -0.1) is 0 Å². The van der Waals surface area contributed by atoms with Crippen molar-refractivity contribution in [3.8, 4) is 0 Å². The van der Waals surface area contributed by atoms with Gasteiger partial charge in [0.1, 0.15) is 0 Å². The van der Waals surface area contributed by atoms with Gasteiger partial charge in [-0.1, -0.05) is 18.2 Å². The molecule has 0 saturated carbocycles. The van der Waals surface area contributed by atoms with Crippen LogP contribution in [0.1, 0.15) is 12.5 Å². The van der Waals surface area contributed by atoms with Crippen molar-refractivity contribution in [3.05, 3.63) is 29.8 Å². The van der Waals surface area contributed by atoms with Crippen LogP contribution in [-0.2, 0) is 26.0 Å². The third-order valence-electron chi connectivity index (χ3n) is 3.80. The predicted molar refractivity (Wildman–Crippen MR) is 85.4 cm³/mol. The number of benzene rings is 1. The van der Waals surface area contributed by atoms with Gasteiger partial charge in [-0.3, -0.25) is 4.79 Å². The highest BCUT2D eigenvalue weighted by Gasteiger charge is 2.32. The van der Waals surface area contributed by atoms with Gasteiger partial charge in [-0.2, -0.15) is 4.31 Å². The normalized spacial score (nSPS) is 17.8. The number of carbonyl (C=O) groups excluding carboxylic acids is 1. The molecule has 1 aliphatic heterocycles. The molecule has 0 aliphatic carbocycles. The summed E-state index contributed by atoms with van der Waals surface area (Å²) in [6.45, 7) is 2.23. The van der Waals surface area contributed by atoms with E-state index in [0.29, 0.717) is 0 Å². The van der Waals surface area contributed by atoms with E-state index in [-0.39, 0.29) is 31.6 Å². The number of hydrogen-bond donors (Lipinski definition) is 0. The van der Waals surface area contributed by atoms with E-state index in [9.17, 15) is 13.2 Å². The first kappa shape index (κ1) is 16.9. The molecule has 122 valence electrons. The first-order valence-corrected chi connectivity index (χ1v) is 9.03. The number of sulfonamides is 1. The summed E-state index contributed by atoms with van der Waals surface area (Å²) in [6.07, 6.45) is 1.90. The van der Waals surface area contributed by atoms with Crippen LogP contribution < -0.4 is 4.90 Å². The SMILES string of the molecule is COCCN(CC(=O)N1c2ccccc2CC1C)S(C)(=O)=O. The van der Waals surface area contributed by atoms with E-state index in [2.05, 4.69) is 0 Å². The van der Waals surface area contributed by atoms with E-state index in [4.69, 9.17) is 4.74 Å². The molecule has 0 spiro atoms. The fourth-order valence-electron chi connectivity index (χ4n) is 2.73. The highest BCUT2D eigenvalue weighted by molar-refractivity contribution is 7.88. The lowest BCUT2D eigenvalue weighted by atomic mass is 10.1. The number of rotatable bonds is 6. The van der Waals surface area contributed by atoms with Crippen LogP contribution in [0.4, 0.5) is 5.69 Å². The van der Waals surface area contributed by atoms with E-state index in [1.807, 2.05) is 31.2 Å². The van der Waals surface area contributed by atoms with Gasteiger partial charge in [0, 0.05) is 25.4 Å². The highest BCUT2D eigenvalue weighted by Crippen LogP contribution is 2.31. The average Bonchev–Trinajstić information content (AvgIpc) is 2.77. The number of hydrogen-bond acceptors (Lipinski definition) is 4. The molecule has 1 amide bonds. The van der Waals surface area contributed by atoms with Crippen molar-refractivity contribution >= 4 is 21.6 Å². The Morgan fingerprint density at radius 3 is 2.73 bits per heavy atom. The molecule has 1 aliphatic rings. The summed E-state index contributed by atoms with van der Waals surface area (Å²) in [5.74, 6) is -0.209. The summed E-state index contributed by atoms with van der Waals surface area (Å²) >= 11 is 0. The van der Waals surface area contributed by atoms with Crippen LogP contribution in [0.2, 0.25) is 0 Å². The highest BCUT2D eigenvalue weighted by atomic mass is 32.2. The molecule has 1 aromatic carbocycles. The minimum absolute atomic E-state index is 0.0359. The van der Waals surface area contributed by atoms with E-state index >= 15 is 0 Å². The van der Waals surface area contributed by atoms with Crippen LogP contribution in [0.3, 0.4) is 0 Å². The quantitative estimate of drug-likeness (QED) is 0.778. The lowest BCUT2D eigenvalue weighted by Crippen LogP contribution is -2.45. The first-order chi connectivity index (χ1) is 10.3. The number of methoxy groups -OCH3 is 1. The third-order valence-corrected chi connectivity index (χ3v) is 5.05. The molecule has 1 heterocycles. The number of nitrogens with zero attached hydrogens (tertiary/aromatic N) is 2. The Morgan fingerprint density at radius 1 is 1.41 bits per heavy atom. The fraction of sp³-hybridized carbons (Fsp3) is 0.533. The van der Waals surface area contributed by atoms with Crippen molar-refractivity contribution in [3.63, 3.8) is 0 Å². The maximum absolute atomic E-state index is 12.6. The monoisotopic (exact) mass is 326 g/mol. The molecular weight excluding hydrogens is 304 g/mol. The molecule has 0 fully saturated rings. The fourth-order valence-corrected chi connectivity index (χ4v) is 3.48. The number of fused-ring (bicyclic) bond motifs is 1. The number of carbonyl (C=O) groups is 1. The van der Waals surface area contributed by atoms with Crippen molar-refractivity contribution in [1.29, 1.82) is 0 Å². The predicted octanol–water partition coefficient (Wildman–Crippen LogP) is 0.872. The number of amides is 1. The molecule has 6 nitrogen and oxygen atoms in total. The summed E-state index contributed by atoms with van der Waals surface area (Å²) < 4.78 is 29.7. The zero-order valence-electron chi connectivity index (χ0n) is 13.2. The minimum atomic E-state index is -3.45. The molecule has 0 aromatic heterocycles.